The summed E-state index contributed by atoms with van der Waals surface area (Å²) in [6.45, 7) is 7.92. The highest BCUT2D eigenvalue weighted by Crippen LogP contribution is 2.05. The molecule has 19 heavy (non-hydrogen) atoms. The highest BCUT2D eigenvalue weighted by molar-refractivity contribution is 5.92. The minimum absolute atomic E-state index is 0.0264. The van der Waals surface area contributed by atoms with E-state index in [0.29, 0.717) is 18.9 Å². The monoisotopic (exact) mass is 265 g/mol. The molecule has 1 aromatic heterocycles. The van der Waals surface area contributed by atoms with Crippen molar-refractivity contribution in [3.05, 3.63) is 23.9 Å². The van der Waals surface area contributed by atoms with Crippen molar-refractivity contribution in [2.45, 2.75) is 33.2 Å². The van der Waals surface area contributed by atoms with Crippen molar-refractivity contribution in [1.82, 2.24) is 10.3 Å². The lowest BCUT2D eigenvalue weighted by molar-refractivity contribution is 0.0867. The van der Waals surface area contributed by atoms with E-state index in [1.54, 1.807) is 6.07 Å². The zero-order valence-electron chi connectivity index (χ0n) is 11.9. The maximum atomic E-state index is 12.0. The largest absolute Gasteiger partial charge is 0.380 e. The van der Waals surface area contributed by atoms with Crippen molar-refractivity contribution in [1.29, 1.82) is 0 Å². The average Bonchev–Trinajstić information content (AvgIpc) is 2.43. The van der Waals surface area contributed by atoms with Gasteiger partial charge in [-0.3, -0.25) is 4.79 Å². The van der Waals surface area contributed by atoms with Crippen LogP contribution in [0.2, 0.25) is 0 Å². The SMILES string of the molecule is CCCNc1cccc(C(=O)NC(C)COCC)n1. The number of rotatable bonds is 8. The van der Waals surface area contributed by atoms with E-state index in [0.717, 1.165) is 18.8 Å². The molecule has 1 heterocycles. The first-order chi connectivity index (χ1) is 9.17. The molecule has 5 nitrogen and oxygen atoms in total. The number of amides is 1. The van der Waals surface area contributed by atoms with E-state index in [2.05, 4.69) is 22.5 Å². The van der Waals surface area contributed by atoms with Crippen LogP contribution in [0, 0.1) is 0 Å². The van der Waals surface area contributed by atoms with Crippen LogP contribution in [0.15, 0.2) is 18.2 Å². The number of ether oxygens (including phenoxy) is 1. The second-order valence-electron chi connectivity index (χ2n) is 4.37. The van der Waals surface area contributed by atoms with Gasteiger partial charge in [0.05, 0.1) is 6.61 Å². The normalized spacial score (nSPS) is 11.9. The van der Waals surface area contributed by atoms with Gasteiger partial charge in [0, 0.05) is 19.2 Å². The Balaban J connectivity index is 2.56. The van der Waals surface area contributed by atoms with E-state index < -0.39 is 0 Å². The van der Waals surface area contributed by atoms with Crippen LogP contribution in [0.4, 0.5) is 5.82 Å². The molecule has 0 saturated carbocycles. The van der Waals surface area contributed by atoms with Crippen molar-refractivity contribution in [2.75, 3.05) is 25.1 Å². The lowest BCUT2D eigenvalue weighted by Crippen LogP contribution is -2.36. The minimum atomic E-state index is -0.174. The molecule has 0 radical (unpaired) electrons. The van der Waals surface area contributed by atoms with Gasteiger partial charge in [-0.05, 0) is 32.4 Å². The second kappa shape index (κ2) is 8.48. The van der Waals surface area contributed by atoms with Gasteiger partial charge in [-0.1, -0.05) is 13.0 Å². The summed E-state index contributed by atoms with van der Waals surface area (Å²) in [4.78, 5) is 16.3. The van der Waals surface area contributed by atoms with Crippen LogP contribution < -0.4 is 10.6 Å². The van der Waals surface area contributed by atoms with Crippen LogP contribution >= 0.6 is 0 Å². The van der Waals surface area contributed by atoms with Gasteiger partial charge >= 0.3 is 0 Å². The predicted molar refractivity (Wildman–Crippen MR) is 76.4 cm³/mol. The molecule has 2 N–H and O–H groups in total. The highest BCUT2D eigenvalue weighted by atomic mass is 16.5. The van der Waals surface area contributed by atoms with Crippen molar-refractivity contribution >= 4 is 11.7 Å². The zero-order chi connectivity index (χ0) is 14.1. The van der Waals surface area contributed by atoms with Crippen molar-refractivity contribution in [3.8, 4) is 0 Å². The molecule has 1 aromatic rings. The van der Waals surface area contributed by atoms with Gasteiger partial charge in [0.25, 0.3) is 5.91 Å². The molecule has 1 atom stereocenters. The molecule has 1 rings (SSSR count). The zero-order valence-corrected chi connectivity index (χ0v) is 11.9. The van der Waals surface area contributed by atoms with Crippen LogP contribution in [-0.2, 0) is 4.74 Å². The molecule has 5 heteroatoms. The molecule has 0 aliphatic rings. The fraction of sp³-hybridized carbons (Fsp3) is 0.571. The fourth-order valence-electron chi connectivity index (χ4n) is 1.55. The van der Waals surface area contributed by atoms with E-state index in [9.17, 15) is 4.79 Å². The first-order valence-electron chi connectivity index (χ1n) is 6.76. The smallest absolute Gasteiger partial charge is 0.270 e. The third-order valence-electron chi connectivity index (χ3n) is 2.49. The Kier molecular flexibility index (Phi) is 6.89. The van der Waals surface area contributed by atoms with Gasteiger partial charge in [-0.2, -0.15) is 0 Å². The Bertz CT molecular complexity index is 396. The maximum Gasteiger partial charge on any atom is 0.270 e. The molecule has 0 saturated heterocycles. The van der Waals surface area contributed by atoms with Crippen molar-refractivity contribution < 1.29 is 9.53 Å². The Morgan fingerprint density at radius 3 is 2.89 bits per heavy atom. The first-order valence-corrected chi connectivity index (χ1v) is 6.76. The third kappa shape index (κ3) is 5.70. The van der Waals surface area contributed by atoms with Crippen LogP contribution in [-0.4, -0.2) is 36.7 Å². The van der Waals surface area contributed by atoms with E-state index in [1.807, 2.05) is 26.0 Å². The van der Waals surface area contributed by atoms with Crippen LogP contribution in [0.1, 0.15) is 37.7 Å². The summed E-state index contributed by atoms with van der Waals surface area (Å²) in [5, 5.41) is 6.02. The lowest BCUT2D eigenvalue weighted by atomic mass is 10.3. The second-order valence-corrected chi connectivity index (χ2v) is 4.37. The number of carbonyl (C=O) groups excluding carboxylic acids is 1. The van der Waals surface area contributed by atoms with Crippen LogP contribution in [0.5, 0.6) is 0 Å². The highest BCUT2D eigenvalue weighted by Gasteiger charge is 2.11. The van der Waals surface area contributed by atoms with Gasteiger partial charge in [0.1, 0.15) is 11.5 Å². The van der Waals surface area contributed by atoms with Gasteiger partial charge < -0.3 is 15.4 Å². The lowest BCUT2D eigenvalue weighted by Gasteiger charge is -2.13. The summed E-state index contributed by atoms with van der Waals surface area (Å²) in [6, 6.07) is 5.37. The van der Waals surface area contributed by atoms with E-state index in [-0.39, 0.29) is 11.9 Å². The molecule has 1 unspecified atom stereocenters. The summed E-state index contributed by atoms with van der Waals surface area (Å²) in [7, 11) is 0. The van der Waals surface area contributed by atoms with Crippen LogP contribution in [0.3, 0.4) is 0 Å². The number of hydrogen-bond donors (Lipinski definition) is 2. The Hall–Kier alpha value is -1.62. The molecule has 0 spiro atoms. The topological polar surface area (TPSA) is 63.2 Å². The molecule has 1 amide bonds. The molecule has 106 valence electrons. The van der Waals surface area contributed by atoms with Crippen molar-refractivity contribution in [3.63, 3.8) is 0 Å². The van der Waals surface area contributed by atoms with Gasteiger partial charge in [-0.25, -0.2) is 4.98 Å². The maximum absolute atomic E-state index is 12.0. The van der Waals surface area contributed by atoms with Gasteiger partial charge in [-0.15, -0.1) is 0 Å². The molecular weight excluding hydrogens is 242 g/mol. The quantitative estimate of drug-likeness (QED) is 0.755. The average molecular weight is 265 g/mol. The summed E-state index contributed by atoms with van der Waals surface area (Å²) < 4.78 is 5.26. The summed E-state index contributed by atoms with van der Waals surface area (Å²) in [6.07, 6.45) is 1.02. The number of aromatic nitrogens is 1. The molecule has 0 aliphatic heterocycles. The molecule has 0 aliphatic carbocycles. The predicted octanol–water partition coefficient (Wildman–Crippen LogP) is 2.06. The van der Waals surface area contributed by atoms with Gasteiger partial charge in [0.2, 0.25) is 0 Å². The fourth-order valence-corrected chi connectivity index (χ4v) is 1.55. The number of carbonyl (C=O) groups is 1. The number of anilines is 1. The first kappa shape index (κ1) is 15.4. The summed E-state index contributed by atoms with van der Waals surface area (Å²) in [5.74, 6) is 0.555. The minimum Gasteiger partial charge on any atom is -0.380 e. The summed E-state index contributed by atoms with van der Waals surface area (Å²) >= 11 is 0. The standard InChI is InChI=1S/C14H23N3O2/c1-4-9-15-13-8-6-7-12(17-13)14(18)16-11(3)10-19-5-2/h6-8,11H,4-5,9-10H2,1-3H3,(H,15,17)(H,16,18). The van der Waals surface area contributed by atoms with E-state index >= 15 is 0 Å². The number of nitrogens with zero attached hydrogens (tertiary/aromatic N) is 1. The van der Waals surface area contributed by atoms with Gasteiger partial charge in [0.15, 0.2) is 0 Å². The Morgan fingerprint density at radius 1 is 1.42 bits per heavy atom. The molecular formula is C14H23N3O2. The van der Waals surface area contributed by atoms with Crippen molar-refractivity contribution in [2.24, 2.45) is 0 Å². The Labute approximate surface area is 114 Å². The molecule has 0 aromatic carbocycles. The molecule has 0 bridgehead atoms. The molecule has 0 fully saturated rings. The van der Waals surface area contributed by atoms with E-state index in [4.69, 9.17) is 4.74 Å². The number of nitrogens with one attached hydrogen (secondary N) is 2. The Morgan fingerprint density at radius 2 is 2.21 bits per heavy atom. The third-order valence-corrected chi connectivity index (χ3v) is 2.49. The number of hydrogen-bond acceptors (Lipinski definition) is 4. The number of pyridine rings is 1. The van der Waals surface area contributed by atoms with Crippen LogP contribution in [0.25, 0.3) is 0 Å². The van der Waals surface area contributed by atoms with E-state index in [1.165, 1.54) is 0 Å². The summed E-state index contributed by atoms with van der Waals surface area (Å²) in [5.41, 5.74) is 0.421.